The number of nitrogens with two attached hydrogens (primary N) is 1. The molecular weight excluding hydrogens is 302 g/mol. The average Bonchev–Trinajstić information content (AvgIpc) is 2.41. The van der Waals surface area contributed by atoms with Crippen LogP contribution in [-0.2, 0) is 14.3 Å². The maximum absolute atomic E-state index is 11.8. The van der Waals surface area contributed by atoms with Gasteiger partial charge in [0.05, 0.1) is 11.5 Å². The Morgan fingerprint density at radius 1 is 1.52 bits per heavy atom. The maximum Gasteiger partial charge on any atom is 0.332 e. The number of amides is 1. The third-order valence-electron chi connectivity index (χ3n) is 2.57. The van der Waals surface area contributed by atoms with Crippen LogP contribution in [0.3, 0.4) is 0 Å². The number of nitrogens with one attached hydrogen (secondary N) is 1. The van der Waals surface area contributed by atoms with Crippen LogP contribution in [0.4, 0.5) is 11.4 Å². The first-order chi connectivity index (χ1) is 9.77. The molecule has 21 heavy (non-hydrogen) atoms. The van der Waals surface area contributed by atoms with Crippen molar-refractivity contribution < 1.29 is 19.2 Å². The van der Waals surface area contributed by atoms with Crippen LogP contribution in [-0.4, -0.2) is 29.4 Å². The van der Waals surface area contributed by atoms with Crippen LogP contribution < -0.4 is 11.1 Å². The molecule has 1 aromatic rings. The largest absolute Gasteiger partial charge is 0.464 e. The fourth-order valence-electron chi connectivity index (χ4n) is 1.49. The van der Waals surface area contributed by atoms with E-state index in [4.69, 9.17) is 17.3 Å². The van der Waals surface area contributed by atoms with Crippen LogP contribution >= 0.6 is 11.6 Å². The zero-order valence-electron chi connectivity index (χ0n) is 11.4. The molecule has 1 atom stereocenters. The first-order valence-corrected chi connectivity index (χ1v) is 6.33. The molecule has 0 radical (unpaired) electrons. The summed E-state index contributed by atoms with van der Waals surface area (Å²) in [6.45, 7) is 3.24. The van der Waals surface area contributed by atoms with E-state index in [2.05, 4.69) is 10.1 Å². The maximum atomic E-state index is 11.8. The van der Waals surface area contributed by atoms with Crippen molar-refractivity contribution in [3.05, 3.63) is 32.8 Å². The second-order valence-electron chi connectivity index (χ2n) is 4.09. The zero-order chi connectivity index (χ0) is 16.2. The van der Waals surface area contributed by atoms with Gasteiger partial charge in [-0.1, -0.05) is 11.6 Å². The molecule has 0 fully saturated rings. The van der Waals surface area contributed by atoms with Crippen molar-refractivity contribution in [2.24, 2.45) is 5.73 Å². The quantitative estimate of drug-likeness (QED) is 0.366. The predicted octanol–water partition coefficient (Wildman–Crippen LogP) is 1.39. The number of hydrogen-bond acceptors (Lipinski definition) is 6. The molecule has 114 valence electrons. The average molecular weight is 316 g/mol. The molecule has 1 unspecified atom stereocenters. The van der Waals surface area contributed by atoms with Gasteiger partial charge < -0.3 is 15.8 Å². The molecule has 1 aromatic carbocycles. The lowest BCUT2D eigenvalue weighted by Crippen LogP contribution is -2.43. The highest BCUT2D eigenvalue weighted by Crippen LogP contribution is 2.30. The Bertz CT molecular complexity index is 591. The summed E-state index contributed by atoms with van der Waals surface area (Å²) < 4.78 is 4.63. The lowest BCUT2D eigenvalue weighted by Gasteiger charge is -2.13. The van der Waals surface area contributed by atoms with E-state index in [0.29, 0.717) is 5.56 Å². The van der Waals surface area contributed by atoms with Gasteiger partial charge in [0.2, 0.25) is 0 Å². The summed E-state index contributed by atoms with van der Waals surface area (Å²) in [5.41, 5.74) is 5.80. The smallest absolute Gasteiger partial charge is 0.332 e. The molecule has 1 amide bonds. The highest BCUT2D eigenvalue weighted by Gasteiger charge is 2.24. The summed E-state index contributed by atoms with van der Waals surface area (Å²) in [5, 5.41) is 13.0. The number of rotatable bonds is 5. The SMILES string of the molecule is CCOC(=O)C(N)C(=O)Nc1cc(Cl)c([N+](=O)[O-])cc1C. The van der Waals surface area contributed by atoms with E-state index in [1.807, 2.05) is 0 Å². The van der Waals surface area contributed by atoms with Crippen LogP contribution in [0, 0.1) is 17.0 Å². The summed E-state index contributed by atoms with van der Waals surface area (Å²) in [6.07, 6.45) is 0. The van der Waals surface area contributed by atoms with Gasteiger partial charge in [0, 0.05) is 11.8 Å². The van der Waals surface area contributed by atoms with E-state index in [1.54, 1.807) is 13.8 Å². The minimum atomic E-state index is -1.49. The van der Waals surface area contributed by atoms with Gasteiger partial charge >= 0.3 is 5.97 Å². The number of aryl methyl sites for hydroxylation is 1. The number of halogens is 1. The van der Waals surface area contributed by atoms with Crippen molar-refractivity contribution in [2.75, 3.05) is 11.9 Å². The van der Waals surface area contributed by atoms with Crippen molar-refractivity contribution in [1.29, 1.82) is 0 Å². The van der Waals surface area contributed by atoms with Gasteiger partial charge in [0.1, 0.15) is 5.02 Å². The number of nitrogens with zero attached hydrogens (tertiary/aromatic N) is 1. The van der Waals surface area contributed by atoms with Crippen molar-refractivity contribution in [1.82, 2.24) is 0 Å². The Hall–Kier alpha value is -2.19. The number of carbonyl (C=O) groups is 2. The molecule has 1 rings (SSSR count). The molecule has 0 aliphatic carbocycles. The number of esters is 1. The molecule has 0 bridgehead atoms. The normalized spacial score (nSPS) is 11.6. The van der Waals surface area contributed by atoms with Crippen LogP contribution in [0.2, 0.25) is 5.02 Å². The third kappa shape index (κ3) is 4.14. The topological polar surface area (TPSA) is 125 Å². The van der Waals surface area contributed by atoms with Crippen molar-refractivity contribution in [2.45, 2.75) is 19.9 Å². The predicted molar refractivity (Wildman–Crippen MR) is 76.1 cm³/mol. The number of nitro benzene ring substituents is 1. The van der Waals surface area contributed by atoms with E-state index >= 15 is 0 Å². The highest BCUT2D eigenvalue weighted by molar-refractivity contribution is 6.33. The molecule has 0 saturated carbocycles. The third-order valence-corrected chi connectivity index (χ3v) is 2.87. The molecule has 0 aliphatic rings. The summed E-state index contributed by atoms with van der Waals surface area (Å²) >= 11 is 5.76. The molecular formula is C12H14ClN3O5. The van der Waals surface area contributed by atoms with Gasteiger partial charge in [0.25, 0.3) is 11.6 Å². The number of ether oxygens (including phenoxy) is 1. The van der Waals surface area contributed by atoms with Gasteiger partial charge in [-0.15, -0.1) is 0 Å². The van der Waals surface area contributed by atoms with E-state index in [0.717, 1.165) is 0 Å². The monoisotopic (exact) mass is 315 g/mol. The van der Waals surface area contributed by atoms with Gasteiger partial charge in [-0.25, -0.2) is 4.79 Å². The summed E-state index contributed by atoms with van der Waals surface area (Å²) in [4.78, 5) is 33.2. The Kier molecular flexibility index (Phi) is 5.62. The fourth-order valence-corrected chi connectivity index (χ4v) is 1.72. The van der Waals surface area contributed by atoms with Gasteiger partial charge in [0.15, 0.2) is 6.04 Å². The molecule has 3 N–H and O–H groups in total. The summed E-state index contributed by atoms with van der Waals surface area (Å²) in [7, 11) is 0. The van der Waals surface area contributed by atoms with Crippen molar-refractivity contribution in [3.8, 4) is 0 Å². The second kappa shape index (κ2) is 7.00. The van der Waals surface area contributed by atoms with Crippen molar-refractivity contribution >= 4 is 34.9 Å². The molecule has 0 aromatic heterocycles. The number of carbonyl (C=O) groups excluding carboxylic acids is 2. The Morgan fingerprint density at radius 3 is 2.67 bits per heavy atom. The first-order valence-electron chi connectivity index (χ1n) is 5.95. The standard InChI is InChI=1S/C12H14ClN3O5/c1-3-21-12(18)10(14)11(17)15-8-5-7(13)9(16(19)20)4-6(8)2/h4-5,10H,3,14H2,1-2H3,(H,15,17). The fraction of sp³-hybridized carbons (Fsp3) is 0.333. The van der Waals surface area contributed by atoms with Crippen LogP contribution in [0.25, 0.3) is 0 Å². The summed E-state index contributed by atoms with van der Waals surface area (Å²) in [5.74, 6) is -1.65. The second-order valence-corrected chi connectivity index (χ2v) is 4.50. The molecule has 0 aliphatic heterocycles. The minimum Gasteiger partial charge on any atom is -0.464 e. The number of anilines is 1. The summed E-state index contributed by atoms with van der Waals surface area (Å²) in [6, 6.07) is 0.955. The molecule has 0 heterocycles. The van der Waals surface area contributed by atoms with E-state index in [-0.39, 0.29) is 23.0 Å². The molecule has 0 saturated heterocycles. The van der Waals surface area contributed by atoms with Gasteiger partial charge in [-0.3, -0.25) is 14.9 Å². The Morgan fingerprint density at radius 2 is 2.14 bits per heavy atom. The number of hydrogen-bond donors (Lipinski definition) is 2. The van der Waals surface area contributed by atoms with Gasteiger partial charge in [-0.05, 0) is 25.5 Å². The lowest BCUT2D eigenvalue weighted by molar-refractivity contribution is -0.384. The minimum absolute atomic E-state index is 0.0994. The Labute approximate surface area is 125 Å². The molecule has 0 spiro atoms. The first kappa shape index (κ1) is 16.9. The highest BCUT2D eigenvalue weighted by atomic mass is 35.5. The van der Waals surface area contributed by atoms with E-state index in [9.17, 15) is 19.7 Å². The van der Waals surface area contributed by atoms with Crippen molar-refractivity contribution in [3.63, 3.8) is 0 Å². The number of benzene rings is 1. The number of nitro groups is 1. The lowest BCUT2D eigenvalue weighted by atomic mass is 10.1. The van der Waals surface area contributed by atoms with Crippen LogP contribution in [0.5, 0.6) is 0 Å². The van der Waals surface area contributed by atoms with E-state index < -0.39 is 22.8 Å². The zero-order valence-corrected chi connectivity index (χ0v) is 12.1. The molecule has 8 nitrogen and oxygen atoms in total. The van der Waals surface area contributed by atoms with E-state index in [1.165, 1.54) is 12.1 Å². The molecule has 9 heteroatoms. The Balaban J connectivity index is 2.93. The van der Waals surface area contributed by atoms with Crippen LogP contribution in [0.15, 0.2) is 12.1 Å². The van der Waals surface area contributed by atoms with Gasteiger partial charge in [-0.2, -0.15) is 0 Å². The van der Waals surface area contributed by atoms with Crippen LogP contribution in [0.1, 0.15) is 12.5 Å².